The van der Waals surface area contributed by atoms with Crippen molar-refractivity contribution in [3.8, 4) is 0 Å². The van der Waals surface area contributed by atoms with Gasteiger partial charge in [-0.1, -0.05) is 13.0 Å². The van der Waals surface area contributed by atoms with Crippen molar-refractivity contribution >= 4 is 0 Å². The molecule has 54 valence electrons. The van der Waals surface area contributed by atoms with E-state index in [0.717, 1.165) is 6.08 Å². The molecule has 0 unspecified atom stereocenters. The summed E-state index contributed by atoms with van der Waals surface area (Å²) in [6.07, 6.45) is -2.97. The Labute approximate surface area is 52.4 Å². The highest BCUT2D eigenvalue weighted by atomic mass is 19.4. The van der Waals surface area contributed by atoms with E-state index in [-0.39, 0.29) is 6.42 Å². The Morgan fingerprint density at radius 2 is 1.89 bits per heavy atom. The molecular weight excluding hydrogens is 129 g/mol. The van der Waals surface area contributed by atoms with Gasteiger partial charge in [0.15, 0.2) is 0 Å². The molecule has 0 radical (unpaired) electrons. The molecule has 0 bridgehead atoms. The molecule has 3 heteroatoms. The summed E-state index contributed by atoms with van der Waals surface area (Å²) in [4.78, 5) is 0. The minimum Gasteiger partial charge on any atom is -0.166 e. The van der Waals surface area contributed by atoms with Crippen molar-refractivity contribution < 1.29 is 13.2 Å². The van der Waals surface area contributed by atoms with Crippen LogP contribution in [-0.2, 0) is 0 Å². The summed E-state index contributed by atoms with van der Waals surface area (Å²) in [5, 5.41) is 0. The van der Waals surface area contributed by atoms with Crippen LogP contribution < -0.4 is 0 Å². The van der Waals surface area contributed by atoms with E-state index in [2.05, 4.69) is 0 Å². The third-order valence-electron chi connectivity index (χ3n) is 1.09. The summed E-state index contributed by atoms with van der Waals surface area (Å²) in [7, 11) is 0. The van der Waals surface area contributed by atoms with Gasteiger partial charge in [-0.25, -0.2) is 0 Å². The quantitative estimate of drug-likeness (QED) is 0.489. The largest absolute Gasteiger partial charge is 0.412 e. The molecule has 0 aliphatic heterocycles. The Morgan fingerprint density at radius 3 is 1.89 bits per heavy atom. The molecule has 9 heavy (non-hydrogen) atoms. The standard InChI is InChI=1S/C6H9F3/c1-3-5(4-2)6(7,8)9/h3H,4H2,1-2H3/b5-3+. The van der Waals surface area contributed by atoms with Crippen molar-refractivity contribution in [3.63, 3.8) is 0 Å². The van der Waals surface area contributed by atoms with Gasteiger partial charge in [-0.3, -0.25) is 0 Å². The maximum Gasteiger partial charge on any atom is 0.412 e. The molecule has 0 heterocycles. The molecule has 0 saturated carbocycles. The minimum atomic E-state index is -4.12. The number of hydrogen-bond acceptors (Lipinski definition) is 0. The zero-order chi connectivity index (χ0) is 7.49. The predicted molar refractivity (Wildman–Crippen MR) is 30.1 cm³/mol. The van der Waals surface area contributed by atoms with Crippen molar-refractivity contribution in [3.05, 3.63) is 11.6 Å². The van der Waals surface area contributed by atoms with Gasteiger partial charge < -0.3 is 0 Å². The van der Waals surface area contributed by atoms with Gasteiger partial charge in [-0.05, 0) is 13.3 Å². The summed E-state index contributed by atoms with van der Waals surface area (Å²) < 4.78 is 35.0. The smallest absolute Gasteiger partial charge is 0.166 e. The second kappa shape index (κ2) is 2.90. The lowest BCUT2D eigenvalue weighted by Gasteiger charge is -2.07. The lowest BCUT2D eigenvalue weighted by molar-refractivity contribution is -0.0936. The van der Waals surface area contributed by atoms with Gasteiger partial charge in [0.05, 0.1) is 0 Å². The summed E-state index contributed by atoms with van der Waals surface area (Å²) in [6, 6.07) is 0. The molecule has 0 aromatic carbocycles. The minimum absolute atomic E-state index is 0.0556. The van der Waals surface area contributed by atoms with Gasteiger partial charge in [0.1, 0.15) is 0 Å². The van der Waals surface area contributed by atoms with Gasteiger partial charge in [0.25, 0.3) is 0 Å². The van der Waals surface area contributed by atoms with E-state index in [1.807, 2.05) is 0 Å². The predicted octanol–water partition coefficient (Wildman–Crippen LogP) is 2.91. The molecule has 0 atom stereocenters. The van der Waals surface area contributed by atoms with Crippen LogP contribution in [0.15, 0.2) is 11.6 Å². The van der Waals surface area contributed by atoms with E-state index in [1.54, 1.807) is 0 Å². The van der Waals surface area contributed by atoms with Gasteiger partial charge in [0.2, 0.25) is 0 Å². The number of allylic oxidation sites excluding steroid dienone is 2. The van der Waals surface area contributed by atoms with Crippen LogP contribution >= 0.6 is 0 Å². The fourth-order valence-corrected chi connectivity index (χ4v) is 0.568. The Balaban J connectivity index is 4.14. The first-order valence-electron chi connectivity index (χ1n) is 2.74. The molecular formula is C6H9F3. The SMILES string of the molecule is C/C=C(\CC)C(F)(F)F. The maximum atomic E-state index is 11.7. The third-order valence-corrected chi connectivity index (χ3v) is 1.09. The van der Waals surface area contributed by atoms with Gasteiger partial charge in [0, 0.05) is 5.57 Å². The molecule has 0 fully saturated rings. The highest BCUT2D eigenvalue weighted by molar-refractivity contribution is 5.06. The van der Waals surface area contributed by atoms with Gasteiger partial charge in [-0.15, -0.1) is 0 Å². The van der Waals surface area contributed by atoms with Crippen molar-refractivity contribution in [1.29, 1.82) is 0 Å². The average Bonchev–Trinajstić information content (AvgIpc) is 1.65. The van der Waals surface area contributed by atoms with E-state index < -0.39 is 11.7 Å². The molecule has 0 aromatic heterocycles. The second-order valence-corrected chi connectivity index (χ2v) is 1.67. The van der Waals surface area contributed by atoms with E-state index in [4.69, 9.17) is 0 Å². The second-order valence-electron chi connectivity index (χ2n) is 1.67. The van der Waals surface area contributed by atoms with E-state index >= 15 is 0 Å². The van der Waals surface area contributed by atoms with Crippen LogP contribution in [0.25, 0.3) is 0 Å². The summed E-state index contributed by atoms with van der Waals surface area (Å²) in [5.41, 5.74) is -0.456. The Morgan fingerprint density at radius 1 is 1.44 bits per heavy atom. The van der Waals surface area contributed by atoms with Crippen LogP contribution in [0.5, 0.6) is 0 Å². The van der Waals surface area contributed by atoms with Gasteiger partial charge in [-0.2, -0.15) is 13.2 Å². The first kappa shape index (κ1) is 8.53. The first-order chi connectivity index (χ1) is 4.02. The number of alkyl halides is 3. The van der Waals surface area contributed by atoms with Crippen LogP contribution in [-0.4, -0.2) is 6.18 Å². The van der Waals surface area contributed by atoms with Crippen LogP contribution in [0.3, 0.4) is 0 Å². The molecule has 0 aliphatic rings. The zero-order valence-corrected chi connectivity index (χ0v) is 5.42. The number of hydrogen-bond donors (Lipinski definition) is 0. The van der Waals surface area contributed by atoms with Crippen molar-refractivity contribution in [2.24, 2.45) is 0 Å². The van der Waals surface area contributed by atoms with Crippen LogP contribution in [0, 0.1) is 0 Å². The maximum absolute atomic E-state index is 11.7. The lowest BCUT2D eigenvalue weighted by Crippen LogP contribution is -2.10. The monoisotopic (exact) mass is 138 g/mol. The lowest BCUT2D eigenvalue weighted by atomic mass is 10.2. The molecule has 0 aromatic rings. The van der Waals surface area contributed by atoms with E-state index in [9.17, 15) is 13.2 Å². The van der Waals surface area contributed by atoms with Crippen LogP contribution in [0.1, 0.15) is 20.3 Å². The van der Waals surface area contributed by atoms with Crippen LogP contribution in [0.2, 0.25) is 0 Å². The molecule has 0 saturated heterocycles. The normalized spacial score (nSPS) is 14.1. The van der Waals surface area contributed by atoms with E-state index in [1.165, 1.54) is 13.8 Å². The molecule has 0 spiro atoms. The Kier molecular flexibility index (Phi) is 2.74. The summed E-state index contributed by atoms with van der Waals surface area (Å²) >= 11 is 0. The Bertz CT molecular complexity index is 110. The number of rotatable bonds is 1. The fraction of sp³-hybridized carbons (Fsp3) is 0.667. The highest BCUT2D eigenvalue weighted by Crippen LogP contribution is 2.27. The zero-order valence-electron chi connectivity index (χ0n) is 5.42. The summed E-state index contributed by atoms with van der Waals surface area (Å²) in [6.45, 7) is 2.88. The third kappa shape index (κ3) is 2.54. The highest BCUT2D eigenvalue weighted by Gasteiger charge is 2.30. The fourth-order valence-electron chi connectivity index (χ4n) is 0.568. The van der Waals surface area contributed by atoms with Crippen molar-refractivity contribution in [1.82, 2.24) is 0 Å². The van der Waals surface area contributed by atoms with E-state index in [0.29, 0.717) is 0 Å². The molecule has 0 rings (SSSR count). The first-order valence-corrected chi connectivity index (χ1v) is 2.74. The summed E-state index contributed by atoms with van der Waals surface area (Å²) in [5.74, 6) is 0. The molecule has 0 amide bonds. The number of halogens is 3. The van der Waals surface area contributed by atoms with Crippen molar-refractivity contribution in [2.75, 3.05) is 0 Å². The molecule has 0 aliphatic carbocycles. The van der Waals surface area contributed by atoms with Crippen LogP contribution in [0.4, 0.5) is 13.2 Å². The molecule has 0 nitrogen and oxygen atoms in total. The average molecular weight is 138 g/mol. The van der Waals surface area contributed by atoms with Crippen molar-refractivity contribution in [2.45, 2.75) is 26.4 Å². The topological polar surface area (TPSA) is 0 Å². The molecule has 0 N–H and O–H groups in total. The van der Waals surface area contributed by atoms with Gasteiger partial charge >= 0.3 is 6.18 Å². The Hall–Kier alpha value is -0.470.